The van der Waals surface area contributed by atoms with Crippen LogP contribution in [-0.4, -0.2) is 11.6 Å². The van der Waals surface area contributed by atoms with Crippen LogP contribution in [0.2, 0.25) is 0 Å². The van der Waals surface area contributed by atoms with Crippen LogP contribution in [0.15, 0.2) is 33.8 Å². The molecular formula is C11H9BrN2O. The molecule has 2 atom stereocenters. The molecule has 0 radical (unpaired) electrons. The van der Waals surface area contributed by atoms with Crippen molar-refractivity contribution in [2.45, 2.75) is 6.42 Å². The van der Waals surface area contributed by atoms with Gasteiger partial charge in [-0.25, -0.2) is 5.43 Å². The van der Waals surface area contributed by atoms with Crippen LogP contribution in [0, 0.1) is 11.8 Å². The number of nitrogens with one attached hydrogen (secondary N) is 1. The summed E-state index contributed by atoms with van der Waals surface area (Å²) < 4.78 is 1.05. The van der Waals surface area contributed by atoms with Crippen molar-refractivity contribution in [2.24, 2.45) is 16.9 Å². The van der Waals surface area contributed by atoms with Gasteiger partial charge in [0.25, 0.3) is 0 Å². The molecule has 1 saturated carbocycles. The van der Waals surface area contributed by atoms with Crippen molar-refractivity contribution in [1.29, 1.82) is 0 Å². The number of hydrogen-bond acceptors (Lipinski definition) is 2. The third kappa shape index (κ3) is 1.49. The minimum absolute atomic E-state index is 0.0702. The summed E-state index contributed by atoms with van der Waals surface area (Å²) in [6, 6.07) is 8.03. The Bertz CT molecular complexity index is 452. The zero-order chi connectivity index (χ0) is 10.4. The predicted molar refractivity (Wildman–Crippen MR) is 60.4 cm³/mol. The first-order valence-electron chi connectivity index (χ1n) is 4.89. The molecule has 0 saturated heterocycles. The lowest BCUT2D eigenvalue weighted by atomic mass is 10.0. The van der Waals surface area contributed by atoms with Crippen LogP contribution in [0.3, 0.4) is 0 Å². The monoisotopic (exact) mass is 264 g/mol. The van der Waals surface area contributed by atoms with E-state index in [1.807, 2.05) is 24.3 Å². The van der Waals surface area contributed by atoms with Gasteiger partial charge in [0.1, 0.15) is 0 Å². The summed E-state index contributed by atoms with van der Waals surface area (Å²) in [5.41, 5.74) is 4.70. The lowest BCUT2D eigenvalue weighted by molar-refractivity contribution is -0.122. The van der Waals surface area contributed by atoms with E-state index in [4.69, 9.17) is 0 Å². The molecule has 0 bridgehead atoms. The molecule has 1 fully saturated rings. The largest absolute Gasteiger partial charge is 0.273 e. The van der Waals surface area contributed by atoms with Crippen molar-refractivity contribution >= 4 is 27.5 Å². The summed E-state index contributed by atoms with van der Waals surface area (Å²) in [6.45, 7) is 0. The van der Waals surface area contributed by atoms with Crippen LogP contribution in [0.4, 0.5) is 0 Å². The lowest BCUT2D eigenvalue weighted by Gasteiger charge is -2.11. The Labute approximate surface area is 95.7 Å². The number of amides is 1. The Kier molecular flexibility index (Phi) is 1.92. The van der Waals surface area contributed by atoms with Gasteiger partial charge in [0.2, 0.25) is 5.91 Å². The third-order valence-electron chi connectivity index (χ3n) is 2.90. The van der Waals surface area contributed by atoms with Crippen molar-refractivity contribution in [3.05, 3.63) is 34.3 Å². The van der Waals surface area contributed by atoms with Gasteiger partial charge in [-0.3, -0.25) is 4.79 Å². The fourth-order valence-electron chi connectivity index (χ4n) is 1.97. The molecule has 1 N–H and O–H groups in total. The quantitative estimate of drug-likeness (QED) is 0.828. The average molecular weight is 265 g/mol. The lowest BCUT2D eigenvalue weighted by Crippen LogP contribution is -2.28. The van der Waals surface area contributed by atoms with Gasteiger partial charge in [-0.15, -0.1) is 0 Å². The molecule has 1 aliphatic heterocycles. The third-order valence-corrected chi connectivity index (χ3v) is 3.43. The summed E-state index contributed by atoms with van der Waals surface area (Å²) >= 11 is 3.39. The second-order valence-corrected chi connectivity index (χ2v) is 4.84. The van der Waals surface area contributed by atoms with Crippen LogP contribution in [0.25, 0.3) is 0 Å². The van der Waals surface area contributed by atoms with Crippen molar-refractivity contribution in [3.8, 4) is 0 Å². The minimum Gasteiger partial charge on any atom is -0.273 e. The normalized spacial score (nSPS) is 27.8. The maximum absolute atomic E-state index is 11.2. The highest BCUT2D eigenvalue weighted by Crippen LogP contribution is 2.43. The number of carbonyl (C=O) groups is 1. The van der Waals surface area contributed by atoms with E-state index in [0.29, 0.717) is 5.92 Å². The molecule has 3 nitrogen and oxygen atoms in total. The van der Waals surface area contributed by atoms with Gasteiger partial charge < -0.3 is 0 Å². The molecule has 0 spiro atoms. The summed E-state index contributed by atoms with van der Waals surface area (Å²) in [5.74, 6) is 0.585. The van der Waals surface area contributed by atoms with Gasteiger partial charge in [-0.05, 0) is 24.1 Å². The second kappa shape index (κ2) is 3.17. The van der Waals surface area contributed by atoms with Crippen LogP contribution in [0.1, 0.15) is 12.0 Å². The van der Waals surface area contributed by atoms with E-state index in [0.717, 1.165) is 22.2 Å². The van der Waals surface area contributed by atoms with E-state index in [9.17, 15) is 4.79 Å². The highest BCUT2D eigenvalue weighted by atomic mass is 79.9. The van der Waals surface area contributed by atoms with Gasteiger partial charge in [0.15, 0.2) is 0 Å². The van der Waals surface area contributed by atoms with Gasteiger partial charge in [-0.2, -0.15) is 5.10 Å². The first-order chi connectivity index (χ1) is 7.25. The first kappa shape index (κ1) is 9.09. The molecule has 3 rings (SSSR count). The molecule has 15 heavy (non-hydrogen) atoms. The predicted octanol–water partition coefficient (Wildman–Crippen LogP) is 1.92. The summed E-state index contributed by atoms with van der Waals surface area (Å²) in [7, 11) is 0. The Morgan fingerprint density at radius 1 is 1.27 bits per heavy atom. The Balaban J connectivity index is 1.95. The molecule has 0 aromatic heterocycles. The topological polar surface area (TPSA) is 41.5 Å². The zero-order valence-corrected chi connectivity index (χ0v) is 9.49. The number of halogens is 1. The summed E-state index contributed by atoms with van der Waals surface area (Å²) in [6.07, 6.45) is 0.945. The smallest absolute Gasteiger partial charge is 0.243 e. The Morgan fingerprint density at radius 2 is 2.00 bits per heavy atom. The number of fused-ring (bicyclic) bond motifs is 1. The van der Waals surface area contributed by atoms with Gasteiger partial charge >= 0.3 is 0 Å². The van der Waals surface area contributed by atoms with E-state index in [-0.39, 0.29) is 11.8 Å². The standard InChI is InChI=1S/C11H9BrN2O/c12-7-3-1-6(2-4-7)10-8-5-9(8)11(15)14-13-10/h1-4,8-9H,5H2,(H,14,15)/t8-,9-/m1/s1. The SMILES string of the molecule is O=C1NN=C(c2ccc(Br)cc2)[C@@H]2C[C@@H]12. The van der Waals surface area contributed by atoms with E-state index >= 15 is 0 Å². The maximum Gasteiger partial charge on any atom is 0.243 e. The van der Waals surface area contributed by atoms with Gasteiger partial charge in [-0.1, -0.05) is 28.1 Å². The highest BCUT2D eigenvalue weighted by Gasteiger charge is 2.49. The fraction of sp³-hybridized carbons (Fsp3) is 0.273. The van der Waals surface area contributed by atoms with Crippen molar-refractivity contribution in [1.82, 2.24) is 5.43 Å². The molecule has 0 unspecified atom stereocenters. The number of carbonyl (C=O) groups excluding carboxylic acids is 1. The van der Waals surface area contributed by atoms with Gasteiger partial charge in [0, 0.05) is 16.3 Å². The van der Waals surface area contributed by atoms with Crippen molar-refractivity contribution in [2.75, 3.05) is 0 Å². The number of rotatable bonds is 1. The van der Waals surface area contributed by atoms with Crippen LogP contribution in [0.5, 0.6) is 0 Å². The second-order valence-electron chi connectivity index (χ2n) is 3.93. The zero-order valence-electron chi connectivity index (χ0n) is 7.90. The van der Waals surface area contributed by atoms with Gasteiger partial charge in [0.05, 0.1) is 5.71 Å². The number of nitrogens with zero attached hydrogens (tertiary/aromatic N) is 1. The molecule has 1 aromatic carbocycles. The Morgan fingerprint density at radius 3 is 2.73 bits per heavy atom. The molecular weight excluding hydrogens is 256 g/mol. The molecule has 1 amide bonds. The molecule has 1 aromatic rings. The van der Waals surface area contributed by atoms with Crippen LogP contribution >= 0.6 is 15.9 Å². The van der Waals surface area contributed by atoms with Crippen LogP contribution in [-0.2, 0) is 4.79 Å². The highest BCUT2D eigenvalue weighted by molar-refractivity contribution is 9.10. The average Bonchev–Trinajstić information content (AvgIpc) is 3.01. The van der Waals surface area contributed by atoms with E-state index < -0.39 is 0 Å². The van der Waals surface area contributed by atoms with E-state index in [1.165, 1.54) is 0 Å². The van der Waals surface area contributed by atoms with Crippen molar-refractivity contribution < 1.29 is 4.79 Å². The molecule has 76 valence electrons. The molecule has 1 heterocycles. The number of hydrazone groups is 1. The molecule has 2 aliphatic rings. The summed E-state index contributed by atoms with van der Waals surface area (Å²) in [5, 5.41) is 4.13. The van der Waals surface area contributed by atoms with E-state index in [2.05, 4.69) is 26.5 Å². The first-order valence-corrected chi connectivity index (χ1v) is 5.68. The minimum atomic E-state index is 0.0702. The van der Waals surface area contributed by atoms with Crippen LogP contribution < -0.4 is 5.43 Å². The Hall–Kier alpha value is -1.16. The molecule has 1 aliphatic carbocycles. The van der Waals surface area contributed by atoms with Crippen molar-refractivity contribution in [3.63, 3.8) is 0 Å². The number of hydrogen-bond donors (Lipinski definition) is 1. The number of benzene rings is 1. The summed E-state index contributed by atoms with van der Waals surface area (Å²) in [4.78, 5) is 11.2. The fourth-order valence-corrected chi connectivity index (χ4v) is 2.23. The molecule has 4 heteroatoms. The van der Waals surface area contributed by atoms with E-state index in [1.54, 1.807) is 0 Å². The maximum atomic E-state index is 11.2.